The third kappa shape index (κ3) is 2.89. The van der Waals surface area contributed by atoms with Crippen molar-refractivity contribution < 1.29 is 22.3 Å². The molecule has 0 saturated heterocycles. The predicted molar refractivity (Wildman–Crippen MR) is 86.8 cm³/mol. The molecule has 2 heterocycles. The molecule has 1 aliphatic carbocycles. The third-order valence-electron chi connectivity index (χ3n) is 4.38. The van der Waals surface area contributed by atoms with Crippen molar-refractivity contribution in [2.24, 2.45) is 0 Å². The van der Waals surface area contributed by atoms with Crippen LogP contribution in [0.1, 0.15) is 36.6 Å². The van der Waals surface area contributed by atoms with Gasteiger partial charge in [0.1, 0.15) is 5.76 Å². The fourth-order valence-electron chi connectivity index (χ4n) is 3.17. The normalized spacial score (nSPS) is 20.2. The molecular formula is C17H19NO5S. The van der Waals surface area contributed by atoms with Crippen LogP contribution in [0.25, 0.3) is 0 Å². The molecule has 24 heavy (non-hydrogen) atoms. The van der Waals surface area contributed by atoms with Crippen LogP contribution in [-0.4, -0.2) is 21.6 Å². The fourth-order valence-corrected chi connectivity index (χ4v) is 4.44. The second kappa shape index (κ2) is 6.14. The van der Waals surface area contributed by atoms with Crippen molar-refractivity contribution >= 4 is 10.0 Å². The first kappa shape index (κ1) is 15.5. The molecule has 0 amide bonds. The van der Waals surface area contributed by atoms with Gasteiger partial charge in [-0.2, -0.15) is 0 Å². The van der Waals surface area contributed by atoms with Crippen molar-refractivity contribution in [3.8, 4) is 11.5 Å². The number of rotatable bonds is 3. The predicted octanol–water partition coefficient (Wildman–Crippen LogP) is 2.80. The first-order valence-electron chi connectivity index (χ1n) is 8.12. The monoisotopic (exact) mass is 349 g/mol. The molecule has 2 aliphatic rings. The van der Waals surface area contributed by atoms with E-state index in [4.69, 9.17) is 13.9 Å². The lowest BCUT2D eigenvalue weighted by Crippen LogP contribution is -2.30. The summed E-state index contributed by atoms with van der Waals surface area (Å²) >= 11 is 0. The van der Waals surface area contributed by atoms with E-state index in [1.54, 1.807) is 18.4 Å². The first-order valence-corrected chi connectivity index (χ1v) is 9.60. The standard InChI is InChI=1S/C17H19NO5S/c19-24(20,18-14-3-1-4-15-13(14)7-10-23-15)12-5-6-16-17(11-12)22-9-2-8-21-16/h5-7,10-11,14,18H,1-4,8-9H2. The minimum absolute atomic E-state index is 0.183. The highest BCUT2D eigenvalue weighted by Gasteiger charge is 2.28. The SMILES string of the molecule is O=S(=O)(NC1CCCc2occc21)c1ccc2c(c1)OCCCO2. The Bertz CT molecular complexity index is 842. The van der Waals surface area contributed by atoms with Gasteiger partial charge in [0, 0.05) is 24.5 Å². The van der Waals surface area contributed by atoms with E-state index in [0.29, 0.717) is 24.7 Å². The number of sulfonamides is 1. The maximum Gasteiger partial charge on any atom is 0.241 e. The summed E-state index contributed by atoms with van der Waals surface area (Å²) in [6.45, 7) is 1.09. The molecule has 1 atom stereocenters. The van der Waals surface area contributed by atoms with Crippen LogP contribution in [0.3, 0.4) is 0 Å². The molecule has 0 bridgehead atoms. The number of aryl methyl sites for hydroxylation is 1. The molecule has 0 spiro atoms. The van der Waals surface area contributed by atoms with Gasteiger partial charge >= 0.3 is 0 Å². The zero-order chi connectivity index (χ0) is 16.6. The molecule has 0 fully saturated rings. The number of ether oxygens (including phenoxy) is 2. The number of fused-ring (bicyclic) bond motifs is 2. The lowest BCUT2D eigenvalue weighted by molar-refractivity contribution is 0.297. The van der Waals surface area contributed by atoms with Gasteiger partial charge in [-0.3, -0.25) is 0 Å². The second-order valence-corrected chi connectivity index (χ2v) is 7.74. The van der Waals surface area contributed by atoms with Crippen molar-refractivity contribution in [3.63, 3.8) is 0 Å². The number of benzene rings is 1. The lowest BCUT2D eigenvalue weighted by atomic mass is 9.94. The van der Waals surface area contributed by atoms with Gasteiger partial charge in [0.15, 0.2) is 11.5 Å². The highest BCUT2D eigenvalue weighted by atomic mass is 32.2. The molecule has 0 radical (unpaired) electrons. The van der Waals surface area contributed by atoms with Crippen LogP contribution in [-0.2, 0) is 16.4 Å². The summed E-state index contributed by atoms with van der Waals surface area (Å²) in [6, 6.07) is 6.32. The summed E-state index contributed by atoms with van der Waals surface area (Å²) in [5, 5.41) is 0. The Hall–Kier alpha value is -1.99. The highest BCUT2D eigenvalue weighted by Crippen LogP contribution is 2.34. The zero-order valence-electron chi connectivity index (χ0n) is 13.2. The van der Waals surface area contributed by atoms with Crippen LogP contribution in [0.4, 0.5) is 0 Å². The Balaban J connectivity index is 1.61. The number of hydrogen-bond acceptors (Lipinski definition) is 5. The van der Waals surface area contributed by atoms with Crippen LogP contribution in [0, 0.1) is 0 Å². The summed E-state index contributed by atoms with van der Waals surface area (Å²) in [6.07, 6.45) is 4.90. The van der Waals surface area contributed by atoms with Gasteiger partial charge in [-0.25, -0.2) is 13.1 Å². The molecule has 1 unspecified atom stereocenters. The smallest absolute Gasteiger partial charge is 0.241 e. The molecule has 1 aromatic carbocycles. The van der Waals surface area contributed by atoms with E-state index < -0.39 is 10.0 Å². The van der Waals surface area contributed by atoms with E-state index in [-0.39, 0.29) is 10.9 Å². The van der Waals surface area contributed by atoms with Crippen LogP contribution in [0.5, 0.6) is 11.5 Å². The Morgan fingerprint density at radius 3 is 2.75 bits per heavy atom. The number of furan rings is 1. The summed E-state index contributed by atoms with van der Waals surface area (Å²) in [4.78, 5) is 0.183. The number of hydrogen-bond donors (Lipinski definition) is 1. The summed E-state index contributed by atoms with van der Waals surface area (Å²) in [5.74, 6) is 1.93. The van der Waals surface area contributed by atoms with Crippen molar-refractivity contribution in [3.05, 3.63) is 41.9 Å². The van der Waals surface area contributed by atoms with Crippen molar-refractivity contribution in [2.45, 2.75) is 36.6 Å². The fraction of sp³-hybridized carbons (Fsp3) is 0.412. The average molecular weight is 349 g/mol. The average Bonchev–Trinajstić information content (AvgIpc) is 2.93. The molecule has 0 saturated carbocycles. The van der Waals surface area contributed by atoms with E-state index in [2.05, 4.69) is 4.72 Å². The second-order valence-electron chi connectivity index (χ2n) is 6.02. The quantitative estimate of drug-likeness (QED) is 0.922. The van der Waals surface area contributed by atoms with Gasteiger partial charge in [-0.05, 0) is 31.0 Å². The summed E-state index contributed by atoms with van der Waals surface area (Å²) in [5.41, 5.74) is 0.930. The van der Waals surface area contributed by atoms with Gasteiger partial charge in [0.2, 0.25) is 10.0 Å². The van der Waals surface area contributed by atoms with E-state index in [0.717, 1.165) is 37.0 Å². The molecule has 6 nitrogen and oxygen atoms in total. The van der Waals surface area contributed by atoms with E-state index in [1.807, 2.05) is 6.07 Å². The van der Waals surface area contributed by atoms with Crippen LogP contribution < -0.4 is 14.2 Å². The molecule has 4 rings (SSSR count). The number of nitrogens with one attached hydrogen (secondary N) is 1. The van der Waals surface area contributed by atoms with Gasteiger partial charge in [-0.15, -0.1) is 0 Å². The molecule has 128 valence electrons. The van der Waals surface area contributed by atoms with Gasteiger partial charge in [-0.1, -0.05) is 0 Å². The maximum atomic E-state index is 12.8. The minimum atomic E-state index is -3.65. The largest absolute Gasteiger partial charge is 0.490 e. The molecule has 1 aromatic heterocycles. The van der Waals surface area contributed by atoms with Gasteiger partial charge in [0.05, 0.1) is 30.4 Å². The lowest BCUT2D eigenvalue weighted by Gasteiger charge is -2.22. The van der Waals surface area contributed by atoms with Gasteiger partial charge in [0.25, 0.3) is 0 Å². The zero-order valence-corrected chi connectivity index (χ0v) is 14.0. The Kier molecular flexibility index (Phi) is 3.97. The molecule has 2 aromatic rings. The Morgan fingerprint density at radius 1 is 1.04 bits per heavy atom. The van der Waals surface area contributed by atoms with Crippen molar-refractivity contribution in [1.82, 2.24) is 4.72 Å². The highest BCUT2D eigenvalue weighted by molar-refractivity contribution is 7.89. The topological polar surface area (TPSA) is 77.8 Å². The van der Waals surface area contributed by atoms with E-state index in [1.165, 1.54) is 6.07 Å². The maximum absolute atomic E-state index is 12.8. The summed E-state index contributed by atoms with van der Waals surface area (Å²) < 4.78 is 44.9. The van der Waals surface area contributed by atoms with Crippen molar-refractivity contribution in [1.29, 1.82) is 0 Å². The summed E-state index contributed by atoms with van der Waals surface area (Å²) in [7, 11) is -3.65. The molecule has 1 N–H and O–H groups in total. The molecule has 1 aliphatic heterocycles. The molecular weight excluding hydrogens is 330 g/mol. The van der Waals surface area contributed by atoms with Crippen molar-refractivity contribution in [2.75, 3.05) is 13.2 Å². The third-order valence-corrected chi connectivity index (χ3v) is 5.85. The van der Waals surface area contributed by atoms with Crippen LogP contribution >= 0.6 is 0 Å². The van der Waals surface area contributed by atoms with Crippen LogP contribution in [0.2, 0.25) is 0 Å². The van der Waals surface area contributed by atoms with E-state index >= 15 is 0 Å². The van der Waals surface area contributed by atoms with E-state index in [9.17, 15) is 8.42 Å². The minimum Gasteiger partial charge on any atom is -0.490 e. The first-order chi connectivity index (χ1) is 11.6. The molecule has 7 heteroatoms. The Labute approximate surface area is 140 Å². The van der Waals surface area contributed by atoms with Gasteiger partial charge < -0.3 is 13.9 Å². The van der Waals surface area contributed by atoms with Crippen LogP contribution in [0.15, 0.2) is 39.8 Å². The Morgan fingerprint density at radius 2 is 1.88 bits per heavy atom.